The number of nitrogens with one attached hydrogen (secondary N) is 1. The number of hydrogen-bond donors (Lipinski definition) is 1. The van der Waals surface area contributed by atoms with Gasteiger partial charge in [-0.15, -0.1) is 0 Å². The van der Waals surface area contributed by atoms with Crippen LogP contribution in [0.1, 0.15) is 53.9 Å². The predicted molar refractivity (Wildman–Crippen MR) is 62.8 cm³/mol. The fraction of sp³-hybridized carbons (Fsp3) is 0.917. The summed E-state index contributed by atoms with van der Waals surface area (Å²) in [6, 6.07) is 0.484. The summed E-state index contributed by atoms with van der Waals surface area (Å²) in [4.78, 5) is 11.3. The van der Waals surface area contributed by atoms with E-state index in [4.69, 9.17) is 4.74 Å². The molecule has 0 bridgehead atoms. The maximum Gasteiger partial charge on any atom is 0.307 e. The molecule has 0 rings (SSSR count). The van der Waals surface area contributed by atoms with E-state index in [2.05, 4.69) is 19.2 Å². The SMILES string of the molecule is CCCC(C)NCCC(=O)OC(C)(C)C. The first-order valence-electron chi connectivity index (χ1n) is 5.80. The van der Waals surface area contributed by atoms with Gasteiger partial charge in [-0.25, -0.2) is 0 Å². The molecule has 0 saturated heterocycles. The normalized spacial score (nSPS) is 13.7. The molecule has 0 spiro atoms. The zero-order valence-corrected chi connectivity index (χ0v) is 10.7. The first kappa shape index (κ1) is 14.4. The highest BCUT2D eigenvalue weighted by Crippen LogP contribution is 2.07. The summed E-state index contributed by atoms with van der Waals surface area (Å²) in [5.74, 6) is -0.126. The highest BCUT2D eigenvalue weighted by molar-refractivity contribution is 5.70. The summed E-state index contributed by atoms with van der Waals surface area (Å²) in [6.45, 7) is 10.7. The molecule has 0 aromatic carbocycles. The average Bonchev–Trinajstić information content (AvgIpc) is 2.00. The second kappa shape index (κ2) is 6.83. The van der Waals surface area contributed by atoms with Crippen LogP contribution >= 0.6 is 0 Å². The van der Waals surface area contributed by atoms with Gasteiger partial charge >= 0.3 is 5.97 Å². The fourth-order valence-corrected chi connectivity index (χ4v) is 1.35. The molecule has 3 nitrogen and oxygen atoms in total. The zero-order valence-electron chi connectivity index (χ0n) is 10.7. The molecular weight excluding hydrogens is 190 g/mol. The third kappa shape index (κ3) is 9.73. The van der Waals surface area contributed by atoms with E-state index in [1.807, 2.05) is 20.8 Å². The second-order valence-electron chi connectivity index (χ2n) is 4.98. The molecule has 1 N–H and O–H groups in total. The standard InChI is InChI=1S/C12H25NO2/c1-6-7-10(2)13-9-8-11(14)15-12(3,4)5/h10,13H,6-9H2,1-5H3. The van der Waals surface area contributed by atoms with Crippen LogP contribution < -0.4 is 5.32 Å². The Morgan fingerprint density at radius 1 is 1.40 bits per heavy atom. The summed E-state index contributed by atoms with van der Waals surface area (Å²) in [6.07, 6.45) is 2.76. The Morgan fingerprint density at radius 3 is 2.47 bits per heavy atom. The van der Waals surface area contributed by atoms with Gasteiger partial charge in [0.2, 0.25) is 0 Å². The van der Waals surface area contributed by atoms with Crippen LogP contribution in [0, 0.1) is 0 Å². The fourth-order valence-electron chi connectivity index (χ4n) is 1.35. The molecular formula is C12H25NO2. The number of esters is 1. The van der Waals surface area contributed by atoms with Crippen molar-refractivity contribution < 1.29 is 9.53 Å². The molecule has 0 amide bonds. The Morgan fingerprint density at radius 2 is 2.00 bits per heavy atom. The third-order valence-electron chi connectivity index (χ3n) is 1.96. The lowest BCUT2D eigenvalue weighted by atomic mass is 10.2. The number of carbonyl (C=O) groups is 1. The van der Waals surface area contributed by atoms with E-state index in [0.717, 1.165) is 6.42 Å². The van der Waals surface area contributed by atoms with Crippen LogP contribution in [0.15, 0.2) is 0 Å². The maximum absolute atomic E-state index is 11.3. The summed E-state index contributed by atoms with van der Waals surface area (Å²) in [5.41, 5.74) is -0.369. The van der Waals surface area contributed by atoms with Gasteiger partial charge in [0.05, 0.1) is 6.42 Å². The Bertz CT molecular complexity index is 185. The molecule has 0 heterocycles. The third-order valence-corrected chi connectivity index (χ3v) is 1.96. The average molecular weight is 215 g/mol. The summed E-state index contributed by atoms with van der Waals surface area (Å²) >= 11 is 0. The van der Waals surface area contributed by atoms with E-state index in [0.29, 0.717) is 19.0 Å². The smallest absolute Gasteiger partial charge is 0.307 e. The molecule has 0 fully saturated rings. The van der Waals surface area contributed by atoms with Crippen LogP contribution in [0.4, 0.5) is 0 Å². The summed E-state index contributed by atoms with van der Waals surface area (Å²) < 4.78 is 5.20. The molecule has 0 aliphatic rings. The van der Waals surface area contributed by atoms with Crippen molar-refractivity contribution in [3.8, 4) is 0 Å². The van der Waals surface area contributed by atoms with E-state index >= 15 is 0 Å². The molecule has 1 atom stereocenters. The highest BCUT2D eigenvalue weighted by atomic mass is 16.6. The lowest BCUT2D eigenvalue weighted by Crippen LogP contribution is -2.30. The van der Waals surface area contributed by atoms with Gasteiger partial charge in [0.1, 0.15) is 5.60 Å². The van der Waals surface area contributed by atoms with Crippen molar-refractivity contribution in [2.45, 2.75) is 65.5 Å². The zero-order chi connectivity index (χ0) is 11.9. The van der Waals surface area contributed by atoms with Crippen LogP contribution in [-0.2, 0) is 9.53 Å². The molecule has 0 aromatic rings. The van der Waals surface area contributed by atoms with E-state index in [-0.39, 0.29) is 11.6 Å². The van der Waals surface area contributed by atoms with E-state index < -0.39 is 0 Å². The van der Waals surface area contributed by atoms with Crippen LogP contribution in [0.5, 0.6) is 0 Å². The summed E-state index contributed by atoms with van der Waals surface area (Å²) in [5, 5.41) is 3.30. The minimum atomic E-state index is -0.369. The lowest BCUT2D eigenvalue weighted by molar-refractivity contribution is -0.154. The quantitative estimate of drug-likeness (QED) is 0.692. The van der Waals surface area contributed by atoms with Gasteiger partial charge in [0.25, 0.3) is 0 Å². The first-order valence-corrected chi connectivity index (χ1v) is 5.80. The van der Waals surface area contributed by atoms with Crippen LogP contribution in [0.2, 0.25) is 0 Å². The van der Waals surface area contributed by atoms with Crippen molar-refractivity contribution in [3.63, 3.8) is 0 Å². The number of carbonyl (C=O) groups excluding carboxylic acids is 1. The van der Waals surface area contributed by atoms with Crippen molar-refractivity contribution in [1.29, 1.82) is 0 Å². The van der Waals surface area contributed by atoms with Crippen molar-refractivity contribution in [2.24, 2.45) is 0 Å². The van der Waals surface area contributed by atoms with Crippen LogP contribution in [0.3, 0.4) is 0 Å². The number of ether oxygens (including phenoxy) is 1. The van der Waals surface area contributed by atoms with Gasteiger partial charge in [0.15, 0.2) is 0 Å². The molecule has 0 aliphatic heterocycles. The molecule has 1 unspecified atom stereocenters. The number of hydrogen-bond acceptors (Lipinski definition) is 3. The Kier molecular flexibility index (Phi) is 6.57. The predicted octanol–water partition coefficient (Wildman–Crippen LogP) is 2.50. The molecule has 0 radical (unpaired) electrons. The monoisotopic (exact) mass is 215 g/mol. The molecule has 90 valence electrons. The lowest BCUT2D eigenvalue weighted by Gasteiger charge is -2.20. The van der Waals surface area contributed by atoms with Gasteiger partial charge in [-0.3, -0.25) is 4.79 Å². The van der Waals surface area contributed by atoms with Gasteiger partial charge in [0, 0.05) is 12.6 Å². The maximum atomic E-state index is 11.3. The van der Waals surface area contributed by atoms with Gasteiger partial charge in [-0.05, 0) is 34.1 Å². The molecule has 3 heteroatoms. The van der Waals surface area contributed by atoms with Crippen LogP contribution in [-0.4, -0.2) is 24.2 Å². The van der Waals surface area contributed by atoms with Gasteiger partial charge < -0.3 is 10.1 Å². The Labute approximate surface area is 93.6 Å². The largest absolute Gasteiger partial charge is 0.460 e. The molecule has 15 heavy (non-hydrogen) atoms. The van der Waals surface area contributed by atoms with Crippen LogP contribution in [0.25, 0.3) is 0 Å². The number of rotatable bonds is 6. The van der Waals surface area contributed by atoms with E-state index in [1.165, 1.54) is 6.42 Å². The van der Waals surface area contributed by atoms with E-state index in [9.17, 15) is 4.79 Å². The Hall–Kier alpha value is -0.570. The van der Waals surface area contributed by atoms with Crippen molar-refractivity contribution in [3.05, 3.63) is 0 Å². The van der Waals surface area contributed by atoms with E-state index in [1.54, 1.807) is 0 Å². The highest BCUT2D eigenvalue weighted by Gasteiger charge is 2.15. The molecule has 0 aromatic heterocycles. The van der Waals surface area contributed by atoms with Crippen molar-refractivity contribution >= 4 is 5.97 Å². The second-order valence-corrected chi connectivity index (χ2v) is 4.98. The van der Waals surface area contributed by atoms with Crippen molar-refractivity contribution in [1.82, 2.24) is 5.32 Å². The molecule has 0 aliphatic carbocycles. The minimum Gasteiger partial charge on any atom is -0.460 e. The van der Waals surface area contributed by atoms with Gasteiger partial charge in [-0.2, -0.15) is 0 Å². The topological polar surface area (TPSA) is 38.3 Å². The van der Waals surface area contributed by atoms with Gasteiger partial charge in [-0.1, -0.05) is 13.3 Å². The summed E-state index contributed by atoms with van der Waals surface area (Å²) in [7, 11) is 0. The first-order chi connectivity index (χ1) is 6.85. The Balaban J connectivity index is 3.55. The minimum absolute atomic E-state index is 0.126. The molecule has 0 saturated carbocycles. The van der Waals surface area contributed by atoms with Crippen molar-refractivity contribution in [2.75, 3.05) is 6.54 Å².